The molecule has 11 heteroatoms. The molecular weight excluding hydrogens is 475 g/mol. The zero-order valence-electron chi connectivity index (χ0n) is 18.8. The van der Waals surface area contributed by atoms with Gasteiger partial charge in [-0.3, -0.25) is 10.2 Å². The Morgan fingerprint density at radius 2 is 1.86 bits per heavy atom. The smallest absolute Gasteiger partial charge is 0.284 e. The molecule has 0 fully saturated rings. The average Bonchev–Trinajstić information content (AvgIpc) is 2.87. The molecule has 0 aromatic heterocycles. The van der Waals surface area contributed by atoms with Gasteiger partial charge in [0.05, 0.1) is 17.7 Å². The molecule has 0 radical (unpaired) electrons. The van der Waals surface area contributed by atoms with E-state index < -0.39 is 22.8 Å². The van der Waals surface area contributed by atoms with Crippen molar-refractivity contribution in [3.63, 3.8) is 0 Å². The number of carbonyl (C=O) groups excluding carboxylic acids is 1. The summed E-state index contributed by atoms with van der Waals surface area (Å²) in [6, 6.07) is 15.5. The fraction of sp³-hybridized carbons (Fsp3) is 0.0833. The number of rotatable bonds is 8. The summed E-state index contributed by atoms with van der Waals surface area (Å²) < 4.78 is 36.9. The van der Waals surface area contributed by atoms with E-state index in [0.29, 0.717) is 16.0 Å². The van der Waals surface area contributed by atoms with Gasteiger partial charge in [0.2, 0.25) is 11.1 Å². The molecule has 0 aliphatic carbocycles. The number of halogens is 1. The molecule has 35 heavy (non-hydrogen) atoms. The Morgan fingerprint density at radius 3 is 2.51 bits per heavy atom. The third-order valence-corrected chi connectivity index (χ3v) is 6.04. The largest absolute Gasteiger partial charge is 0.507 e. The predicted octanol–water partition coefficient (Wildman–Crippen LogP) is 3.60. The van der Waals surface area contributed by atoms with Crippen molar-refractivity contribution in [2.45, 2.75) is 11.8 Å². The molecule has 3 aromatic carbocycles. The number of hydrogen-bond acceptors (Lipinski definition) is 7. The van der Waals surface area contributed by atoms with E-state index in [-0.39, 0.29) is 39.7 Å². The van der Waals surface area contributed by atoms with Crippen molar-refractivity contribution in [3.05, 3.63) is 77.6 Å². The molecule has 0 saturated heterocycles. The van der Waals surface area contributed by atoms with Gasteiger partial charge in [0.15, 0.2) is 5.83 Å². The van der Waals surface area contributed by atoms with Gasteiger partial charge >= 0.3 is 0 Å². The highest BCUT2D eigenvalue weighted by molar-refractivity contribution is 7.80. The number of carbonyl (C=O) groups is 1. The number of hydrogen-bond donors (Lipinski definition) is 5. The van der Waals surface area contributed by atoms with Crippen LogP contribution in [0.3, 0.4) is 0 Å². The summed E-state index contributed by atoms with van der Waals surface area (Å²) in [7, 11) is 1.38. The normalized spacial score (nSPS) is 12.5. The molecule has 3 rings (SSSR count). The second kappa shape index (κ2) is 10.9. The number of ether oxygens (including phenoxy) is 1. The predicted molar refractivity (Wildman–Crippen MR) is 132 cm³/mol. The van der Waals surface area contributed by atoms with E-state index in [0.717, 1.165) is 0 Å². The van der Waals surface area contributed by atoms with E-state index in [2.05, 4.69) is 9.60 Å². The van der Waals surface area contributed by atoms with Crippen LogP contribution in [0.4, 0.5) is 10.1 Å². The molecule has 1 atom stereocenters. The summed E-state index contributed by atoms with van der Waals surface area (Å²) >= 11 is -1.89. The molecule has 3 aromatic rings. The molecule has 182 valence electrons. The zero-order valence-corrected chi connectivity index (χ0v) is 19.6. The Bertz CT molecular complexity index is 1360. The van der Waals surface area contributed by atoms with Crippen LogP contribution in [0.15, 0.2) is 71.4 Å². The molecule has 0 spiro atoms. The van der Waals surface area contributed by atoms with E-state index in [1.54, 1.807) is 36.4 Å². The highest BCUT2D eigenvalue weighted by atomic mass is 32.2. The van der Waals surface area contributed by atoms with Crippen LogP contribution in [0.25, 0.3) is 16.7 Å². The highest BCUT2D eigenvalue weighted by Gasteiger charge is 2.19. The number of nitrogen functional groups attached to an aromatic ring is 1. The zero-order chi connectivity index (χ0) is 25.7. The van der Waals surface area contributed by atoms with Crippen molar-refractivity contribution in [1.82, 2.24) is 0 Å². The Balaban J connectivity index is 1.94. The third kappa shape index (κ3) is 5.54. The van der Waals surface area contributed by atoms with Crippen LogP contribution in [-0.2, 0) is 20.2 Å². The van der Waals surface area contributed by atoms with E-state index in [4.69, 9.17) is 21.8 Å². The number of amidine groups is 1. The van der Waals surface area contributed by atoms with Gasteiger partial charge in [0.1, 0.15) is 17.3 Å². The number of amides is 1. The number of anilines is 1. The van der Waals surface area contributed by atoms with Crippen LogP contribution in [0, 0.1) is 5.41 Å². The van der Waals surface area contributed by atoms with Crippen LogP contribution in [0.1, 0.15) is 18.1 Å². The number of phenolic OH excluding ortho intramolecular Hbond substituents is 1. The highest BCUT2D eigenvalue weighted by Crippen LogP contribution is 2.35. The molecule has 0 bridgehead atoms. The van der Waals surface area contributed by atoms with Crippen LogP contribution in [-0.4, -0.2) is 28.2 Å². The number of nitrogens with two attached hydrogens (primary N) is 2. The Kier molecular flexibility index (Phi) is 7.97. The molecule has 1 amide bonds. The summed E-state index contributed by atoms with van der Waals surface area (Å²) in [6.45, 7) is 1.32. The standard InChI is InChI=1S/C24H23FN4O5S/c1-13(17-11-15(23(26)27)8-10-19(17)30)22(25)24(31)29-18-9-7-14(12-20(18)33-2)16-5-3-4-6-21(16)35(32)34-28/h3-12,30H,28H2,1-2H3,(H3,26,27)(H,29,31)/b22-13+. The molecule has 7 N–H and O–H groups in total. The number of nitrogens with one attached hydrogen (secondary N) is 2. The third-order valence-electron chi connectivity index (χ3n) is 5.15. The number of methoxy groups -OCH3 is 1. The topological polar surface area (TPSA) is 161 Å². The molecule has 1 unspecified atom stereocenters. The lowest BCUT2D eigenvalue weighted by molar-refractivity contribution is -0.114. The molecule has 0 aliphatic heterocycles. The molecule has 0 heterocycles. The minimum Gasteiger partial charge on any atom is -0.507 e. The Morgan fingerprint density at radius 1 is 1.14 bits per heavy atom. The summed E-state index contributed by atoms with van der Waals surface area (Å²) in [4.78, 5) is 13.0. The van der Waals surface area contributed by atoms with Gasteiger partial charge in [0, 0.05) is 22.3 Å². The van der Waals surface area contributed by atoms with Crippen molar-refractivity contribution in [1.29, 1.82) is 5.41 Å². The molecular formula is C24H23FN4O5S. The minimum absolute atomic E-state index is 0.0272. The first kappa shape index (κ1) is 25.6. The maximum atomic E-state index is 15.0. The van der Waals surface area contributed by atoms with Crippen molar-refractivity contribution < 1.29 is 27.5 Å². The van der Waals surface area contributed by atoms with Crippen LogP contribution >= 0.6 is 0 Å². The fourth-order valence-corrected chi connectivity index (χ4v) is 3.99. The average molecular weight is 499 g/mol. The Hall–Kier alpha value is -4.06. The molecule has 9 nitrogen and oxygen atoms in total. The van der Waals surface area contributed by atoms with E-state index >= 15 is 4.39 Å². The lowest BCUT2D eigenvalue weighted by atomic mass is 10.0. The van der Waals surface area contributed by atoms with Crippen LogP contribution in [0.2, 0.25) is 0 Å². The van der Waals surface area contributed by atoms with Crippen molar-refractivity contribution in [2.24, 2.45) is 11.6 Å². The van der Waals surface area contributed by atoms with E-state index in [1.807, 2.05) is 0 Å². The summed E-state index contributed by atoms with van der Waals surface area (Å²) in [5.74, 6) is 2.54. The monoisotopic (exact) mass is 498 g/mol. The number of aromatic hydroxyl groups is 1. The SMILES string of the molecule is COc1cc(-c2ccccc2S(=O)ON)ccc1NC(=O)/C(F)=C(/C)c1cc(C(=N)N)ccc1O. The first-order valence-corrected chi connectivity index (χ1v) is 11.2. The summed E-state index contributed by atoms with van der Waals surface area (Å²) in [6.07, 6.45) is 0. The van der Waals surface area contributed by atoms with Crippen LogP contribution in [0.5, 0.6) is 11.5 Å². The lowest BCUT2D eigenvalue weighted by Crippen LogP contribution is -2.14. The van der Waals surface area contributed by atoms with E-state index in [1.165, 1.54) is 38.3 Å². The molecule has 0 saturated carbocycles. The van der Waals surface area contributed by atoms with Gasteiger partial charge < -0.3 is 20.9 Å². The summed E-state index contributed by atoms with van der Waals surface area (Å²) in [5.41, 5.74) is 6.95. The first-order valence-electron chi connectivity index (χ1n) is 10.1. The molecule has 0 aliphatic rings. The number of allylic oxidation sites excluding steroid dienone is 1. The van der Waals surface area contributed by atoms with Crippen molar-refractivity contribution >= 4 is 34.1 Å². The van der Waals surface area contributed by atoms with E-state index in [9.17, 15) is 14.1 Å². The van der Waals surface area contributed by atoms with Crippen molar-refractivity contribution in [2.75, 3.05) is 12.4 Å². The van der Waals surface area contributed by atoms with Crippen molar-refractivity contribution in [3.8, 4) is 22.6 Å². The lowest BCUT2D eigenvalue weighted by Gasteiger charge is -2.14. The summed E-state index contributed by atoms with van der Waals surface area (Å²) in [5, 5.41) is 20.1. The van der Waals surface area contributed by atoms with Crippen LogP contribution < -0.4 is 21.7 Å². The van der Waals surface area contributed by atoms with Gasteiger partial charge in [-0.05, 0) is 48.9 Å². The number of phenols is 1. The van der Waals surface area contributed by atoms with Gasteiger partial charge in [-0.15, -0.1) is 0 Å². The maximum absolute atomic E-state index is 15.0. The van der Waals surface area contributed by atoms with Gasteiger partial charge in [-0.1, -0.05) is 24.3 Å². The second-order valence-corrected chi connectivity index (χ2v) is 8.38. The van der Waals surface area contributed by atoms with Gasteiger partial charge in [-0.2, -0.15) is 10.2 Å². The quantitative estimate of drug-likeness (QED) is 0.137. The fourth-order valence-electron chi connectivity index (χ4n) is 3.33. The van der Waals surface area contributed by atoms with Gasteiger partial charge in [0.25, 0.3) is 5.91 Å². The maximum Gasteiger partial charge on any atom is 0.284 e. The number of benzene rings is 3. The minimum atomic E-state index is -1.89. The van der Waals surface area contributed by atoms with Gasteiger partial charge in [-0.25, -0.2) is 8.60 Å². The Labute approximate surface area is 203 Å². The first-order chi connectivity index (χ1) is 16.7. The second-order valence-electron chi connectivity index (χ2n) is 7.28.